The third kappa shape index (κ3) is 5.23. The lowest BCUT2D eigenvalue weighted by atomic mass is 10.00. The Morgan fingerprint density at radius 3 is 2.54 bits per heavy atom. The molecule has 3 N–H and O–H groups in total. The fourth-order valence-electron chi connectivity index (χ4n) is 4.36. The number of urea groups is 1. The number of anilines is 1. The average Bonchev–Trinajstić information content (AvgIpc) is 3.55. The number of aromatic nitrogens is 4. The summed E-state index contributed by atoms with van der Waals surface area (Å²) < 4.78 is 1.51. The number of H-pyrrole nitrogens is 1. The van der Waals surface area contributed by atoms with Gasteiger partial charge in [-0.2, -0.15) is 0 Å². The Hall–Kier alpha value is -4.47. The van der Waals surface area contributed by atoms with Gasteiger partial charge in [0.05, 0.1) is 22.3 Å². The number of rotatable bonds is 5. The highest BCUT2D eigenvalue weighted by molar-refractivity contribution is 5.99. The highest BCUT2D eigenvalue weighted by atomic mass is 16.2. The van der Waals surface area contributed by atoms with Crippen molar-refractivity contribution in [3.8, 4) is 22.4 Å². The molecule has 1 aromatic carbocycles. The molecule has 3 amide bonds. The van der Waals surface area contributed by atoms with E-state index in [0.717, 1.165) is 37.1 Å². The lowest BCUT2D eigenvalue weighted by molar-refractivity contribution is 0.0792. The number of pyridine rings is 2. The van der Waals surface area contributed by atoms with Gasteiger partial charge in [0.1, 0.15) is 0 Å². The lowest BCUT2D eigenvalue weighted by Gasteiger charge is -2.15. The van der Waals surface area contributed by atoms with Crippen molar-refractivity contribution in [2.45, 2.75) is 27.2 Å². The van der Waals surface area contributed by atoms with Crippen LogP contribution in [0.4, 0.5) is 10.7 Å². The highest BCUT2D eigenvalue weighted by Crippen LogP contribution is 2.33. The molecule has 4 aromatic rings. The van der Waals surface area contributed by atoms with Crippen molar-refractivity contribution >= 4 is 28.9 Å². The van der Waals surface area contributed by atoms with E-state index in [1.807, 2.05) is 30.0 Å². The molecule has 10 heteroatoms. The molecule has 37 heavy (non-hydrogen) atoms. The first-order valence-electron chi connectivity index (χ1n) is 11.9. The van der Waals surface area contributed by atoms with E-state index in [0.29, 0.717) is 40.3 Å². The minimum atomic E-state index is -0.368. The van der Waals surface area contributed by atoms with Crippen molar-refractivity contribution in [3.05, 3.63) is 64.7 Å². The predicted molar refractivity (Wildman–Crippen MR) is 145 cm³/mol. The Labute approximate surface area is 214 Å². The van der Waals surface area contributed by atoms with Gasteiger partial charge in [0.25, 0.3) is 11.5 Å². The number of fused-ring (bicyclic) bond motifs is 1. The van der Waals surface area contributed by atoms with Gasteiger partial charge in [-0.3, -0.25) is 19.9 Å². The Bertz CT molecular complexity index is 1500. The Morgan fingerprint density at radius 1 is 1.08 bits per heavy atom. The Kier molecular flexibility index (Phi) is 7.37. The SMILES string of the molecule is C.CCNC(=O)Nc1nc2c(-c3ccc(C(=O)N4CCCC4)cn3)cc(-c3ccn(C)c(=O)c3)cc2[nH]1. The second-order valence-corrected chi connectivity index (χ2v) is 8.79. The number of nitrogens with one attached hydrogen (secondary N) is 3. The second-order valence-electron chi connectivity index (χ2n) is 8.79. The van der Waals surface area contributed by atoms with Crippen LogP contribution in [-0.4, -0.2) is 56.0 Å². The summed E-state index contributed by atoms with van der Waals surface area (Å²) in [6.07, 6.45) is 5.35. The van der Waals surface area contributed by atoms with E-state index < -0.39 is 0 Å². The summed E-state index contributed by atoms with van der Waals surface area (Å²) in [5, 5.41) is 5.38. The van der Waals surface area contributed by atoms with E-state index >= 15 is 0 Å². The maximum absolute atomic E-state index is 12.8. The molecule has 192 valence electrons. The van der Waals surface area contributed by atoms with Crippen LogP contribution in [0.5, 0.6) is 0 Å². The molecule has 5 rings (SSSR count). The number of aromatic amines is 1. The first-order chi connectivity index (χ1) is 17.4. The maximum Gasteiger partial charge on any atom is 0.321 e. The zero-order valence-electron chi connectivity index (χ0n) is 20.2. The fraction of sp³-hybridized carbons (Fsp3) is 0.296. The monoisotopic (exact) mass is 501 g/mol. The van der Waals surface area contributed by atoms with Crippen LogP contribution in [0.1, 0.15) is 37.6 Å². The summed E-state index contributed by atoms with van der Waals surface area (Å²) in [5.74, 6) is 0.276. The van der Waals surface area contributed by atoms with Crippen LogP contribution in [0.25, 0.3) is 33.4 Å². The zero-order valence-corrected chi connectivity index (χ0v) is 20.2. The first kappa shape index (κ1) is 25.6. The van der Waals surface area contributed by atoms with E-state index in [9.17, 15) is 14.4 Å². The summed E-state index contributed by atoms with van der Waals surface area (Å²) in [4.78, 5) is 51.2. The van der Waals surface area contributed by atoms with Gasteiger partial charge in [0, 0.05) is 50.7 Å². The fourth-order valence-corrected chi connectivity index (χ4v) is 4.36. The van der Waals surface area contributed by atoms with Crippen molar-refractivity contribution < 1.29 is 9.59 Å². The number of carbonyl (C=O) groups is 2. The van der Waals surface area contributed by atoms with Crippen LogP contribution in [-0.2, 0) is 7.05 Å². The zero-order chi connectivity index (χ0) is 25.2. The summed E-state index contributed by atoms with van der Waals surface area (Å²) in [6.45, 7) is 3.86. The third-order valence-corrected chi connectivity index (χ3v) is 6.27. The largest absolute Gasteiger partial charge is 0.339 e. The highest BCUT2D eigenvalue weighted by Gasteiger charge is 2.20. The normalized spacial score (nSPS) is 12.9. The minimum absolute atomic E-state index is 0. The van der Waals surface area contributed by atoms with Gasteiger partial charge in [0.2, 0.25) is 5.95 Å². The number of likely N-dealkylation sites (tertiary alicyclic amines) is 1. The molecule has 4 heterocycles. The van der Waals surface area contributed by atoms with Gasteiger partial charge in [-0.15, -0.1) is 0 Å². The number of amides is 3. The molecule has 1 aliphatic heterocycles. The van der Waals surface area contributed by atoms with E-state index in [1.165, 1.54) is 4.57 Å². The first-order valence-corrected chi connectivity index (χ1v) is 11.9. The minimum Gasteiger partial charge on any atom is -0.339 e. The molecule has 0 spiro atoms. The van der Waals surface area contributed by atoms with Crippen LogP contribution in [0, 0.1) is 0 Å². The van der Waals surface area contributed by atoms with E-state index in [2.05, 4.69) is 25.6 Å². The molecule has 10 nitrogen and oxygen atoms in total. The molecule has 1 aliphatic rings. The van der Waals surface area contributed by atoms with Crippen molar-refractivity contribution in [1.29, 1.82) is 0 Å². The smallest absolute Gasteiger partial charge is 0.321 e. The summed E-state index contributed by atoms with van der Waals surface area (Å²) in [7, 11) is 1.70. The molecular weight excluding hydrogens is 470 g/mol. The number of carbonyl (C=O) groups excluding carboxylic acids is 2. The Morgan fingerprint density at radius 2 is 1.86 bits per heavy atom. The van der Waals surface area contributed by atoms with Gasteiger partial charge in [-0.1, -0.05) is 7.43 Å². The van der Waals surface area contributed by atoms with E-state index in [-0.39, 0.29) is 24.9 Å². The number of aryl methyl sites for hydroxylation is 1. The molecule has 3 aromatic heterocycles. The molecule has 0 bridgehead atoms. The summed E-state index contributed by atoms with van der Waals surface area (Å²) in [5.41, 5.74) is 4.58. The van der Waals surface area contributed by atoms with Crippen LogP contribution >= 0.6 is 0 Å². The van der Waals surface area contributed by atoms with Crippen LogP contribution < -0.4 is 16.2 Å². The quantitative estimate of drug-likeness (QED) is 0.381. The van der Waals surface area contributed by atoms with Crippen LogP contribution in [0.2, 0.25) is 0 Å². The van der Waals surface area contributed by atoms with Gasteiger partial charge in [-0.05, 0) is 61.2 Å². The number of hydrogen-bond acceptors (Lipinski definition) is 5. The van der Waals surface area contributed by atoms with Gasteiger partial charge in [0.15, 0.2) is 0 Å². The molecule has 1 fully saturated rings. The number of hydrogen-bond donors (Lipinski definition) is 3. The molecule has 1 saturated heterocycles. The molecule has 0 aliphatic carbocycles. The molecule has 0 unspecified atom stereocenters. The summed E-state index contributed by atoms with van der Waals surface area (Å²) >= 11 is 0. The molecule has 0 radical (unpaired) electrons. The van der Waals surface area contributed by atoms with Crippen molar-refractivity contribution in [2.75, 3.05) is 25.0 Å². The molecule has 0 atom stereocenters. The second kappa shape index (κ2) is 10.7. The lowest BCUT2D eigenvalue weighted by Crippen LogP contribution is -2.28. The van der Waals surface area contributed by atoms with Crippen LogP contribution in [0.3, 0.4) is 0 Å². The van der Waals surface area contributed by atoms with Gasteiger partial charge >= 0.3 is 6.03 Å². The number of imidazole rings is 1. The van der Waals surface area contributed by atoms with Crippen LogP contribution in [0.15, 0.2) is 53.6 Å². The molecule has 0 saturated carbocycles. The number of benzene rings is 1. The van der Waals surface area contributed by atoms with Crippen molar-refractivity contribution in [2.24, 2.45) is 7.05 Å². The maximum atomic E-state index is 12.8. The van der Waals surface area contributed by atoms with Gasteiger partial charge < -0.3 is 19.8 Å². The van der Waals surface area contributed by atoms with Gasteiger partial charge in [-0.25, -0.2) is 9.78 Å². The van der Waals surface area contributed by atoms with E-state index in [4.69, 9.17) is 0 Å². The number of nitrogens with zero attached hydrogens (tertiary/aromatic N) is 4. The predicted octanol–water partition coefficient (Wildman–Crippen LogP) is 4.00. The summed E-state index contributed by atoms with van der Waals surface area (Å²) in [6, 6.07) is 10.4. The third-order valence-electron chi connectivity index (χ3n) is 6.27. The van der Waals surface area contributed by atoms with E-state index in [1.54, 1.807) is 37.6 Å². The standard InChI is InChI=1S/C26H27N7O3.CH4/c1-3-27-26(36)31-25-29-21-13-18(16-8-11-32(2)22(34)14-16)12-19(23(21)30-25)20-7-6-17(15-28-20)24(35)33-9-4-5-10-33;/h6-8,11-15H,3-5,9-10H2,1-2H3,(H3,27,29,30,31,36);1H4. The average molecular weight is 502 g/mol. The van der Waals surface area contributed by atoms with Crippen molar-refractivity contribution in [3.63, 3.8) is 0 Å². The van der Waals surface area contributed by atoms with Crippen molar-refractivity contribution in [1.82, 2.24) is 29.7 Å². The Balaban J connectivity index is 0.00000320. The topological polar surface area (TPSA) is 125 Å². The molecular formula is C27H31N7O3.